The number of rotatable bonds is 4. The van der Waals surface area contributed by atoms with Gasteiger partial charge in [0.05, 0.1) is 7.11 Å². The van der Waals surface area contributed by atoms with Crippen molar-refractivity contribution in [3.63, 3.8) is 0 Å². The summed E-state index contributed by atoms with van der Waals surface area (Å²) >= 11 is 0. The molecule has 0 radical (unpaired) electrons. The largest absolute Gasteiger partial charge is 0.468 e. The van der Waals surface area contributed by atoms with Crippen LogP contribution in [0, 0.1) is 5.92 Å². The van der Waals surface area contributed by atoms with Gasteiger partial charge in [0, 0.05) is 0 Å². The van der Waals surface area contributed by atoms with Gasteiger partial charge in [0.25, 0.3) is 0 Å². The first-order valence-corrected chi connectivity index (χ1v) is 3.89. The molecule has 0 saturated carbocycles. The molecule has 0 heterocycles. The van der Waals surface area contributed by atoms with Gasteiger partial charge in [-0.25, -0.2) is 0 Å². The average Bonchev–Trinajstić information content (AvgIpc) is 1.98. The van der Waals surface area contributed by atoms with E-state index < -0.39 is 0 Å². The van der Waals surface area contributed by atoms with Crippen LogP contribution in [0.15, 0.2) is 0 Å². The van der Waals surface area contributed by atoms with E-state index in [4.69, 9.17) is 0 Å². The Morgan fingerprint density at radius 2 is 2.00 bits per heavy atom. The lowest BCUT2D eigenvalue weighted by atomic mass is 10.2. The van der Waals surface area contributed by atoms with Crippen LogP contribution in [-0.2, 0) is 9.53 Å². The second-order valence-electron chi connectivity index (χ2n) is 3.05. The van der Waals surface area contributed by atoms with Crippen molar-refractivity contribution in [1.82, 2.24) is 5.32 Å². The second kappa shape index (κ2) is 5.13. The van der Waals surface area contributed by atoms with E-state index >= 15 is 0 Å². The van der Waals surface area contributed by atoms with Crippen LogP contribution in [0.25, 0.3) is 0 Å². The minimum absolute atomic E-state index is 0.192. The number of carbonyl (C=O) groups is 1. The van der Waals surface area contributed by atoms with Crippen molar-refractivity contribution >= 4 is 5.97 Å². The molecular formula is C8H17NO2. The van der Waals surface area contributed by atoms with Crippen LogP contribution < -0.4 is 5.32 Å². The monoisotopic (exact) mass is 159 g/mol. The molecule has 66 valence electrons. The van der Waals surface area contributed by atoms with E-state index in [0.29, 0.717) is 5.92 Å². The summed E-state index contributed by atoms with van der Waals surface area (Å²) in [5.41, 5.74) is 0. The Bertz CT molecular complexity index is 123. The van der Waals surface area contributed by atoms with E-state index in [0.717, 1.165) is 6.54 Å². The molecule has 0 bridgehead atoms. The predicted octanol–water partition coefficient (Wildman–Crippen LogP) is 0.793. The molecule has 0 aliphatic carbocycles. The standard InChI is InChI=1S/C8H17NO2/c1-6(2)5-9-7(3)8(10)11-4/h6-7,9H,5H2,1-4H3. The molecule has 1 atom stereocenters. The van der Waals surface area contributed by atoms with E-state index in [9.17, 15) is 4.79 Å². The van der Waals surface area contributed by atoms with E-state index in [2.05, 4.69) is 23.9 Å². The van der Waals surface area contributed by atoms with Gasteiger partial charge >= 0.3 is 5.97 Å². The number of hydrogen-bond donors (Lipinski definition) is 1. The molecule has 11 heavy (non-hydrogen) atoms. The van der Waals surface area contributed by atoms with Crippen molar-refractivity contribution in [3.05, 3.63) is 0 Å². The molecule has 0 aliphatic rings. The van der Waals surface area contributed by atoms with Crippen molar-refractivity contribution < 1.29 is 9.53 Å². The Kier molecular flexibility index (Phi) is 4.86. The Hall–Kier alpha value is -0.570. The minimum Gasteiger partial charge on any atom is -0.468 e. The molecule has 0 saturated heterocycles. The highest BCUT2D eigenvalue weighted by Gasteiger charge is 2.11. The van der Waals surface area contributed by atoms with Crippen molar-refractivity contribution in [2.75, 3.05) is 13.7 Å². The molecule has 0 fully saturated rings. The Labute approximate surface area is 68.1 Å². The predicted molar refractivity (Wildman–Crippen MR) is 44.3 cm³/mol. The van der Waals surface area contributed by atoms with E-state index in [1.54, 1.807) is 6.92 Å². The lowest BCUT2D eigenvalue weighted by molar-refractivity contribution is -0.142. The first-order chi connectivity index (χ1) is 5.07. The first-order valence-electron chi connectivity index (χ1n) is 3.89. The quantitative estimate of drug-likeness (QED) is 0.616. The summed E-state index contributed by atoms with van der Waals surface area (Å²) in [5, 5.41) is 3.06. The van der Waals surface area contributed by atoms with Crippen LogP contribution in [-0.4, -0.2) is 25.7 Å². The summed E-state index contributed by atoms with van der Waals surface area (Å²) in [5.74, 6) is 0.354. The molecule has 0 aromatic rings. The van der Waals surface area contributed by atoms with Crippen LogP contribution >= 0.6 is 0 Å². The molecule has 0 spiro atoms. The van der Waals surface area contributed by atoms with Gasteiger partial charge in [0.2, 0.25) is 0 Å². The third-order valence-electron chi connectivity index (χ3n) is 1.39. The van der Waals surface area contributed by atoms with Gasteiger partial charge in [-0.05, 0) is 19.4 Å². The molecule has 0 amide bonds. The Morgan fingerprint density at radius 1 is 1.45 bits per heavy atom. The zero-order valence-corrected chi connectivity index (χ0v) is 7.68. The summed E-state index contributed by atoms with van der Waals surface area (Å²) < 4.78 is 4.54. The second-order valence-corrected chi connectivity index (χ2v) is 3.05. The van der Waals surface area contributed by atoms with E-state index in [-0.39, 0.29) is 12.0 Å². The number of esters is 1. The molecule has 3 heteroatoms. The molecule has 3 nitrogen and oxygen atoms in total. The van der Waals surface area contributed by atoms with Crippen molar-refractivity contribution in [3.8, 4) is 0 Å². The molecule has 0 aromatic carbocycles. The molecular weight excluding hydrogens is 142 g/mol. The lowest BCUT2D eigenvalue weighted by Gasteiger charge is -2.12. The molecule has 1 N–H and O–H groups in total. The first kappa shape index (κ1) is 10.4. The number of nitrogens with one attached hydrogen (secondary N) is 1. The maximum Gasteiger partial charge on any atom is 0.322 e. The van der Waals surface area contributed by atoms with Crippen molar-refractivity contribution in [2.45, 2.75) is 26.8 Å². The Balaban J connectivity index is 3.52. The average molecular weight is 159 g/mol. The maximum atomic E-state index is 10.8. The van der Waals surface area contributed by atoms with Gasteiger partial charge in [-0.15, -0.1) is 0 Å². The zero-order valence-electron chi connectivity index (χ0n) is 7.68. The smallest absolute Gasteiger partial charge is 0.322 e. The molecule has 0 aliphatic heterocycles. The number of carbonyl (C=O) groups excluding carboxylic acids is 1. The number of hydrogen-bond acceptors (Lipinski definition) is 3. The topological polar surface area (TPSA) is 38.3 Å². The SMILES string of the molecule is COC(=O)C(C)NCC(C)C. The van der Waals surface area contributed by atoms with Gasteiger partial charge in [-0.3, -0.25) is 4.79 Å². The third kappa shape index (κ3) is 4.79. The summed E-state index contributed by atoms with van der Waals surface area (Å²) in [6.45, 7) is 6.83. The molecule has 1 unspecified atom stereocenters. The van der Waals surface area contributed by atoms with Crippen LogP contribution in [0.2, 0.25) is 0 Å². The number of ether oxygens (including phenoxy) is 1. The van der Waals surface area contributed by atoms with Gasteiger partial charge < -0.3 is 10.1 Å². The van der Waals surface area contributed by atoms with Gasteiger partial charge in [0.15, 0.2) is 0 Å². The zero-order chi connectivity index (χ0) is 8.85. The maximum absolute atomic E-state index is 10.8. The highest BCUT2D eigenvalue weighted by atomic mass is 16.5. The van der Waals surface area contributed by atoms with Crippen molar-refractivity contribution in [1.29, 1.82) is 0 Å². The fourth-order valence-electron chi connectivity index (χ4n) is 0.673. The van der Waals surface area contributed by atoms with Crippen LogP contribution in [0.5, 0.6) is 0 Å². The van der Waals surface area contributed by atoms with Crippen molar-refractivity contribution in [2.24, 2.45) is 5.92 Å². The fraction of sp³-hybridized carbons (Fsp3) is 0.875. The Morgan fingerprint density at radius 3 is 2.36 bits per heavy atom. The summed E-state index contributed by atoms with van der Waals surface area (Å²) in [7, 11) is 1.40. The van der Waals surface area contributed by atoms with Crippen LogP contribution in [0.4, 0.5) is 0 Å². The van der Waals surface area contributed by atoms with Gasteiger partial charge in [-0.2, -0.15) is 0 Å². The summed E-state index contributed by atoms with van der Waals surface area (Å²) in [6, 6.07) is -0.192. The highest BCUT2D eigenvalue weighted by Crippen LogP contribution is 1.91. The van der Waals surface area contributed by atoms with E-state index in [1.165, 1.54) is 7.11 Å². The van der Waals surface area contributed by atoms with Gasteiger partial charge in [0.1, 0.15) is 6.04 Å². The van der Waals surface area contributed by atoms with E-state index in [1.807, 2.05) is 0 Å². The fourth-order valence-corrected chi connectivity index (χ4v) is 0.673. The third-order valence-corrected chi connectivity index (χ3v) is 1.39. The highest BCUT2D eigenvalue weighted by molar-refractivity contribution is 5.74. The summed E-state index contributed by atoms with van der Waals surface area (Å²) in [4.78, 5) is 10.8. The molecule has 0 rings (SSSR count). The normalized spacial score (nSPS) is 13.2. The lowest BCUT2D eigenvalue weighted by Crippen LogP contribution is -2.36. The molecule has 0 aromatic heterocycles. The number of methoxy groups -OCH3 is 1. The summed E-state index contributed by atoms with van der Waals surface area (Å²) in [6.07, 6.45) is 0. The van der Waals surface area contributed by atoms with Crippen LogP contribution in [0.1, 0.15) is 20.8 Å². The van der Waals surface area contributed by atoms with Gasteiger partial charge in [-0.1, -0.05) is 13.8 Å². The van der Waals surface area contributed by atoms with Crippen LogP contribution in [0.3, 0.4) is 0 Å². The minimum atomic E-state index is -0.203.